The molecule has 0 aliphatic carbocycles. The van der Waals surface area contributed by atoms with Crippen molar-refractivity contribution in [3.05, 3.63) is 22.8 Å². The molecular formula is C10H11ClN4O. The summed E-state index contributed by atoms with van der Waals surface area (Å²) in [6.45, 7) is 1.83. The molecule has 1 atom stereocenters. The molecule has 1 aromatic heterocycles. The number of anilines is 1. The van der Waals surface area contributed by atoms with Gasteiger partial charge in [-0.3, -0.25) is 4.79 Å². The first kappa shape index (κ1) is 12.3. The van der Waals surface area contributed by atoms with E-state index in [0.717, 1.165) is 0 Å². The number of hydrogen-bond acceptors (Lipinski definition) is 4. The molecule has 0 aromatic carbocycles. The van der Waals surface area contributed by atoms with Crippen molar-refractivity contribution in [2.24, 2.45) is 5.73 Å². The van der Waals surface area contributed by atoms with Gasteiger partial charge in [-0.25, -0.2) is 4.98 Å². The number of aromatic nitrogens is 1. The summed E-state index contributed by atoms with van der Waals surface area (Å²) in [7, 11) is 0. The lowest BCUT2D eigenvalue weighted by atomic mass is 10.2. The Morgan fingerprint density at radius 2 is 2.44 bits per heavy atom. The van der Waals surface area contributed by atoms with Gasteiger partial charge in [-0.05, 0) is 18.6 Å². The Labute approximate surface area is 98.2 Å². The third-order valence-corrected chi connectivity index (χ3v) is 2.33. The van der Waals surface area contributed by atoms with Crippen LogP contribution in [0.3, 0.4) is 0 Å². The van der Waals surface area contributed by atoms with Crippen LogP contribution in [0.1, 0.15) is 18.9 Å². The van der Waals surface area contributed by atoms with Crippen molar-refractivity contribution in [2.45, 2.75) is 19.4 Å². The van der Waals surface area contributed by atoms with E-state index in [1.54, 1.807) is 6.07 Å². The van der Waals surface area contributed by atoms with Crippen molar-refractivity contribution in [1.29, 1.82) is 5.26 Å². The Bertz CT molecular complexity index is 441. The molecule has 1 heterocycles. The molecule has 6 heteroatoms. The van der Waals surface area contributed by atoms with Crippen LogP contribution in [0, 0.1) is 11.3 Å². The number of nitrogens with two attached hydrogens (primary N) is 1. The Hall–Kier alpha value is -1.80. The van der Waals surface area contributed by atoms with Crippen molar-refractivity contribution in [3.63, 3.8) is 0 Å². The average molecular weight is 239 g/mol. The highest BCUT2D eigenvalue weighted by Crippen LogP contribution is 2.16. The van der Waals surface area contributed by atoms with Crippen molar-refractivity contribution in [1.82, 2.24) is 4.98 Å². The van der Waals surface area contributed by atoms with Gasteiger partial charge in [0.05, 0.1) is 5.56 Å². The number of rotatable bonds is 4. The fraction of sp³-hybridized carbons (Fsp3) is 0.300. The molecule has 16 heavy (non-hydrogen) atoms. The molecule has 0 aliphatic rings. The van der Waals surface area contributed by atoms with Gasteiger partial charge < -0.3 is 11.1 Å². The summed E-state index contributed by atoms with van der Waals surface area (Å²) >= 11 is 5.75. The van der Waals surface area contributed by atoms with Gasteiger partial charge in [0.25, 0.3) is 0 Å². The van der Waals surface area contributed by atoms with Gasteiger partial charge in [0.2, 0.25) is 5.91 Å². The Kier molecular flexibility index (Phi) is 4.09. The van der Waals surface area contributed by atoms with Gasteiger partial charge in [-0.15, -0.1) is 0 Å². The molecule has 0 fully saturated rings. The highest BCUT2D eigenvalue weighted by Gasteiger charge is 2.13. The van der Waals surface area contributed by atoms with E-state index in [0.29, 0.717) is 17.8 Å². The first-order valence-corrected chi connectivity index (χ1v) is 5.08. The second-order valence-electron chi connectivity index (χ2n) is 3.15. The molecule has 0 aliphatic heterocycles. The fourth-order valence-corrected chi connectivity index (χ4v) is 1.35. The van der Waals surface area contributed by atoms with Gasteiger partial charge in [0, 0.05) is 0 Å². The normalized spacial score (nSPS) is 11.6. The standard InChI is InChI=1S/C10H11ClN4O/c1-2-7(10(13)16)14-8-4-3-6(5-12)9(11)15-8/h3-4,7H,2H2,1H3,(H2,13,16)(H,14,15). The minimum absolute atomic E-state index is 0.104. The van der Waals surface area contributed by atoms with E-state index in [1.807, 2.05) is 13.0 Å². The Morgan fingerprint density at radius 3 is 2.88 bits per heavy atom. The van der Waals surface area contributed by atoms with Gasteiger partial charge in [-0.1, -0.05) is 18.5 Å². The molecule has 0 radical (unpaired) electrons. The van der Waals surface area contributed by atoms with Crippen LogP contribution in [-0.2, 0) is 4.79 Å². The van der Waals surface area contributed by atoms with Crippen LogP contribution in [0.5, 0.6) is 0 Å². The van der Waals surface area contributed by atoms with Crippen LogP contribution in [0.2, 0.25) is 5.15 Å². The van der Waals surface area contributed by atoms with Crippen LogP contribution in [-0.4, -0.2) is 16.9 Å². The molecule has 3 N–H and O–H groups in total. The van der Waals surface area contributed by atoms with Crippen LogP contribution in [0.4, 0.5) is 5.82 Å². The zero-order valence-electron chi connectivity index (χ0n) is 8.70. The molecule has 1 rings (SSSR count). The van der Waals surface area contributed by atoms with Crippen molar-refractivity contribution >= 4 is 23.3 Å². The monoisotopic (exact) mass is 238 g/mol. The summed E-state index contributed by atoms with van der Waals surface area (Å²) in [5.41, 5.74) is 5.47. The van der Waals surface area contributed by atoms with Gasteiger partial charge in [-0.2, -0.15) is 5.26 Å². The number of halogens is 1. The van der Waals surface area contributed by atoms with Gasteiger partial charge in [0.15, 0.2) is 0 Å². The molecule has 0 saturated carbocycles. The number of pyridine rings is 1. The maximum Gasteiger partial charge on any atom is 0.239 e. The lowest BCUT2D eigenvalue weighted by molar-refractivity contribution is -0.118. The molecule has 5 nitrogen and oxygen atoms in total. The average Bonchev–Trinajstić information content (AvgIpc) is 2.25. The van der Waals surface area contributed by atoms with Crippen molar-refractivity contribution < 1.29 is 4.79 Å². The fourth-order valence-electron chi connectivity index (χ4n) is 1.15. The quantitative estimate of drug-likeness (QED) is 0.773. The summed E-state index contributed by atoms with van der Waals surface area (Å²) in [5.74, 6) is -0.0283. The topological polar surface area (TPSA) is 91.8 Å². The number of nitriles is 1. The van der Waals surface area contributed by atoms with Gasteiger partial charge in [0.1, 0.15) is 23.1 Å². The number of nitrogens with zero attached hydrogens (tertiary/aromatic N) is 2. The highest BCUT2D eigenvalue weighted by atomic mass is 35.5. The summed E-state index contributed by atoms with van der Waals surface area (Å²) in [4.78, 5) is 14.9. The summed E-state index contributed by atoms with van der Waals surface area (Å²) in [6.07, 6.45) is 0.550. The second kappa shape index (κ2) is 5.33. The van der Waals surface area contributed by atoms with Crippen molar-refractivity contribution in [2.75, 3.05) is 5.32 Å². The second-order valence-corrected chi connectivity index (χ2v) is 3.51. The summed E-state index contributed by atoms with van der Waals surface area (Å²) in [5, 5.41) is 11.6. The summed E-state index contributed by atoms with van der Waals surface area (Å²) in [6, 6.07) is 4.52. The molecule has 0 spiro atoms. The predicted octanol–water partition coefficient (Wildman–Crippen LogP) is 1.28. The molecule has 1 amide bonds. The molecule has 1 aromatic rings. The SMILES string of the molecule is CCC(Nc1ccc(C#N)c(Cl)n1)C(N)=O. The van der Waals surface area contributed by atoms with Crippen LogP contribution >= 0.6 is 11.6 Å². The maximum atomic E-state index is 11.0. The number of amides is 1. The van der Waals surface area contributed by atoms with E-state index in [9.17, 15) is 4.79 Å². The maximum absolute atomic E-state index is 11.0. The van der Waals surface area contributed by atoms with E-state index >= 15 is 0 Å². The van der Waals surface area contributed by atoms with E-state index < -0.39 is 11.9 Å². The highest BCUT2D eigenvalue weighted by molar-refractivity contribution is 6.30. The van der Waals surface area contributed by atoms with Crippen molar-refractivity contribution in [3.8, 4) is 6.07 Å². The molecule has 1 unspecified atom stereocenters. The first-order valence-electron chi connectivity index (χ1n) is 4.71. The number of carbonyl (C=O) groups excluding carboxylic acids is 1. The molecular weight excluding hydrogens is 228 g/mol. The number of nitrogens with one attached hydrogen (secondary N) is 1. The van der Waals surface area contributed by atoms with E-state index in [1.165, 1.54) is 6.07 Å². The van der Waals surface area contributed by atoms with Crippen LogP contribution in [0.25, 0.3) is 0 Å². The molecule has 84 valence electrons. The molecule has 0 bridgehead atoms. The molecule has 0 saturated heterocycles. The Balaban J connectivity index is 2.87. The van der Waals surface area contributed by atoms with Gasteiger partial charge >= 0.3 is 0 Å². The predicted molar refractivity (Wildman–Crippen MR) is 60.9 cm³/mol. The lowest BCUT2D eigenvalue weighted by Gasteiger charge is -2.13. The smallest absolute Gasteiger partial charge is 0.239 e. The Morgan fingerprint density at radius 1 is 1.75 bits per heavy atom. The third kappa shape index (κ3) is 2.84. The first-order chi connectivity index (χ1) is 7.58. The van der Waals surface area contributed by atoms with E-state index in [4.69, 9.17) is 22.6 Å². The number of hydrogen-bond donors (Lipinski definition) is 2. The largest absolute Gasteiger partial charge is 0.368 e. The minimum atomic E-state index is -0.489. The zero-order chi connectivity index (χ0) is 12.1. The van der Waals surface area contributed by atoms with E-state index in [2.05, 4.69) is 10.3 Å². The van der Waals surface area contributed by atoms with E-state index in [-0.39, 0.29) is 5.15 Å². The minimum Gasteiger partial charge on any atom is -0.368 e. The zero-order valence-corrected chi connectivity index (χ0v) is 9.45. The van der Waals surface area contributed by atoms with Crippen LogP contribution in [0.15, 0.2) is 12.1 Å². The lowest BCUT2D eigenvalue weighted by Crippen LogP contribution is -2.35. The summed E-state index contributed by atoms with van der Waals surface area (Å²) < 4.78 is 0. The van der Waals surface area contributed by atoms with Crippen LogP contribution < -0.4 is 11.1 Å². The number of carbonyl (C=O) groups is 1. The third-order valence-electron chi connectivity index (χ3n) is 2.04. The number of primary amides is 1.